The van der Waals surface area contributed by atoms with Gasteiger partial charge in [0.1, 0.15) is 0 Å². The van der Waals surface area contributed by atoms with Crippen molar-refractivity contribution in [2.45, 2.75) is 32.9 Å². The highest BCUT2D eigenvalue weighted by Gasteiger charge is 2.00. The molecule has 1 N–H and O–H groups in total. The zero-order chi connectivity index (χ0) is 19.1. The molecule has 0 aliphatic carbocycles. The lowest BCUT2D eigenvalue weighted by Gasteiger charge is -2.06. The van der Waals surface area contributed by atoms with E-state index in [0.717, 1.165) is 17.7 Å². The summed E-state index contributed by atoms with van der Waals surface area (Å²) < 4.78 is 2.02. The number of carbonyl (C=O) groups excluding carboxylic acids is 1. The zero-order valence-corrected chi connectivity index (χ0v) is 15.8. The third-order valence-corrected chi connectivity index (χ3v) is 4.44. The monoisotopic (exact) mass is 359 g/mol. The van der Waals surface area contributed by atoms with Crippen molar-refractivity contribution in [1.82, 2.24) is 14.9 Å². The first-order chi connectivity index (χ1) is 13.1. The lowest BCUT2D eigenvalue weighted by atomic mass is 10.0. The smallest absolute Gasteiger partial charge is 0.244 e. The van der Waals surface area contributed by atoms with Crippen LogP contribution < -0.4 is 5.32 Å². The summed E-state index contributed by atoms with van der Waals surface area (Å²) in [7, 11) is 0. The first-order valence-corrected chi connectivity index (χ1v) is 9.19. The Kier molecular flexibility index (Phi) is 6.21. The number of hydrogen-bond donors (Lipinski definition) is 1. The highest BCUT2D eigenvalue weighted by Crippen LogP contribution is 2.15. The molecule has 1 aromatic heterocycles. The van der Waals surface area contributed by atoms with Crippen LogP contribution in [0.25, 0.3) is 6.08 Å². The molecule has 4 nitrogen and oxygen atoms in total. The molecule has 0 atom stereocenters. The lowest BCUT2D eigenvalue weighted by molar-refractivity contribution is -0.116. The molecule has 0 saturated heterocycles. The standard InChI is InChI=1S/C23H25N3O/c1-18(2)22-10-7-19(8-11-22)9-12-23(27)25-15-20-3-5-21(6-4-20)16-26-14-13-24-17-26/h3-14,17-18H,15-16H2,1-2H3,(H,25,27)/b12-9+. The average molecular weight is 359 g/mol. The SMILES string of the molecule is CC(C)c1ccc(/C=C/C(=O)NCc2ccc(Cn3ccnc3)cc2)cc1. The van der Waals surface area contributed by atoms with Gasteiger partial charge in [0, 0.05) is 31.6 Å². The minimum Gasteiger partial charge on any atom is -0.348 e. The first-order valence-electron chi connectivity index (χ1n) is 9.19. The van der Waals surface area contributed by atoms with Crippen LogP contribution in [0.3, 0.4) is 0 Å². The molecule has 4 heteroatoms. The second-order valence-corrected chi connectivity index (χ2v) is 6.92. The van der Waals surface area contributed by atoms with Crippen molar-refractivity contribution in [2.75, 3.05) is 0 Å². The van der Waals surface area contributed by atoms with Crippen molar-refractivity contribution in [3.8, 4) is 0 Å². The van der Waals surface area contributed by atoms with Gasteiger partial charge in [0.15, 0.2) is 0 Å². The molecule has 0 radical (unpaired) electrons. The number of carbonyl (C=O) groups is 1. The molecule has 0 bridgehead atoms. The molecule has 2 aromatic carbocycles. The van der Waals surface area contributed by atoms with Crippen LogP contribution in [0.1, 0.15) is 42.0 Å². The Balaban J connectivity index is 1.48. The number of aromatic nitrogens is 2. The fourth-order valence-electron chi connectivity index (χ4n) is 2.77. The quantitative estimate of drug-likeness (QED) is 0.636. The highest BCUT2D eigenvalue weighted by molar-refractivity contribution is 5.91. The van der Waals surface area contributed by atoms with Crippen LogP contribution in [-0.4, -0.2) is 15.5 Å². The molecule has 0 unspecified atom stereocenters. The third-order valence-electron chi connectivity index (χ3n) is 4.44. The Bertz CT molecular complexity index is 876. The lowest BCUT2D eigenvalue weighted by Crippen LogP contribution is -2.20. The van der Waals surface area contributed by atoms with Crippen molar-refractivity contribution in [1.29, 1.82) is 0 Å². The fraction of sp³-hybridized carbons (Fsp3) is 0.217. The summed E-state index contributed by atoms with van der Waals surface area (Å²) in [6.45, 7) is 5.65. The molecule has 0 fully saturated rings. The number of amides is 1. The van der Waals surface area contributed by atoms with Gasteiger partial charge in [-0.3, -0.25) is 4.79 Å². The van der Waals surface area contributed by atoms with Gasteiger partial charge in [-0.15, -0.1) is 0 Å². The van der Waals surface area contributed by atoms with E-state index in [-0.39, 0.29) is 5.91 Å². The Morgan fingerprint density at radius 3 is 2.41 bits per heavy atom. The molecule has 0 aliphatic rings. The second-order valence-electron chi connectivity index (χ2n) is 6.92. The Labute approximate surface area is 160 Å². The predicted molar refractivity (Wildman–Crippen MR) is 109 cm³/mol. The molecule has 1 amide bonds. The fourth-order valence-corrected chi connectivity index (χ4v) is 2.77. The van der Waals surface area contributed by atoms with Crippen molar-refractivity contribution >= 4 is 12.0 Å². The minimum absolute atomic E-state index is 0.0922. The summed E-state index contributed by atoms with van der Waals surface area (Å²) in [5.41, 5.74) is 4.60. The summed E-state index contributed by atoms with van der Waals surface area (Å²) >= 11 is 0. The van der Waals surface area contributed by atoms with Crippen LogP contribution in [0.5, 0.6) is 0 Å². The van der Waals surface area contributed by atoms with Crippen LogP contribution in [0.15, 0.2) is 73.3 Å². The van der Waals surface area contributed by atoms with E-state index >= 15 is 0 Å². The minimum atomic E-state index is -0.0922. The van der Waals surface area contributed by atoms with E-state index in [1.54, 1.807) is 18.6 Å². The molecule has 138 valence electrons. The normalized spacial score (nSPS) is 11.2. The van der Waals surface area contributed by atoms with Gasteiger partial charge in [0.05, 0.1) is 6.33 Å². The van der Waals surface area contributed by atoms with E-state index in [1.165, 1.54) is 11.1 Å². The van der Waals surface area contributed by atoms with Gasteiger partial charge in [-0.1, -0.05) is 62.4 Å². The maximum absolute atomic E-state index is 12.0. The van der Waals surface area contributed by atoms with E-state index < -0.39 is 0 Å². The van der Waals surface area contributed by atoms with Gasteiger partial charge < -0.3 is 9.88 Å². The van der Waals surface area contributed by atoms with Crippen LogP contribution in [0, 0.1) is 0 Å². The predicted octanol–water partition coefficient (Wildman–Crippen LogP) is 4.38. The van der Waals surface area contributed by atoms with E-state index in [9.17, 15) is 4.79 Å². The summed E-state index contributed by atoms with van der Waals surface area (Å²) in [5, 5.41) is 2.92. The van der Waals surface area contributed by atoms with Gasteiger partial charge >= 0.3 is 0 Å². The topological polar surface area (TPSA) is 46.9 Å². The van der Waals surface area contributed by atoms with Crippen molar-refractivity contribution in [2.24, 2.45) is 0 Å². The van der Waals surface area contributed by atoms with Crippen molar-refractivity contribution in [3.63, 3.8) is 0 Å². The Morgan fingerprint density at radius 2 is 1.78 bits per heavy atom. The van der Waals surface area contributed by atoms with E-state index in [2.05, 4.69) is 48.4 Å². The number of imidazole rings is 1. The van der Waals surface area contributed by atoms with Crippen molar-refractivity contribution < 1.29 is 4.79 Å². The van der Waals surface area contributed by atoms with Gasteiger partial charge in [0.2, 0.25) is 5.91 Å². The van der Waals surface area contributed by atoms with Crippen LogP contribution in [0.2, 0.25) is 0 Å². The molecule has 0 aliphatic heterocycles. The molecule has 0 saturated carbocycles. The van der Waals surface area contributed by atoms with E-state index in [4.69, 9.17) is 0 Å². The number of rotatable bonds is 7. The van der Waals surface area contributed by atoms with E-state index in [1.807, 2.05) is 41.1 Å². The Hall–Kier alpha value is -3.14. The third kappa shape index (κ3) is 5.68. The van der Waals surface area contributed by atoms with Crippen LogP contribution >= 0.6 is 0 Å². The Morgan fingerprint density at radius 1 is 1.07 bits per heavy atom. The first kappa shape index (κ1) is 18.6. The maximum Gasteiger partial charge on any atom is 0.244 e. The highest BCUT2D eigenvalue weighted by atomic mass is 16.1. The molecule has 3 rings (SSSR count). The summed E-state index contributed by atoms with van der Waals surface area (Å²) in [6.07, 6.45) is 8.94. The van der Waals surface area contributed by atoms with Crippen LogP contribution in [-0.2, 0) is 17.9 Å². The van der Waals surface area contributed by atoms with Gasteiger partial charge in [-0.05, 0) is 34.2 Å². The average Bonchev–Trinajstić information content (AvgIpc) is 3.19. The number of benzene rings is 2. The zero-order valence-electron chi connectivity index (χ0n) is 15.8. The summed E-state index contributed by atoms with van der Waals surface area (Å²) in [5.74, 6) is 0.420. The summed E-state index contributed by atoms with van der Waals surface area (Å²) in [4.78, 5) is 16.1. The molecule has 27 heavy (non-hydrogen) atoms. The molecule has 0 spiro atoms. The molecule has 1 heterocycles. The summed E-state index contributed by atoms with van der Waals surface area (Å²) in [6, 6.07) is 16.5. The van der Waals surface area contributed by atoms with Crippen molar-refractivity contribution in [3.05, 3.63) is 95.6 Å². The molecular formula is C23H25N3O. The van der Waals surface area contributed by atoms with Gasteiger partial charge in [-0.2, -0.15) is 0 Å². The van der Waals surface area contributed by atoms with Gasteiger partial charge in [-0.25, -0.2) is 4.98 Å². The second kappa shape index (κ2) is 8.99. The largest absolute Gasteiger partial charge is 0.348 e. The van der Waals surface area contributed by atoms with Crippen LogP contribution in [0.4, 0.5) is 0 Å². The van der Waals surface area contributed by atoms with E-state index in [0.29, 0.717) is 12.5 Å². The number of nitrogens with zero attached hydrogens (tertiary/aromatic N) is 2. The molecule has 3 aromatic rings. The van der Waals surface area contributed by atoms with Gasteiger partial charge in [0.25, 0.3) is 0 Å². The maximum atomic E-state index is 12.0. The number of hydrogen-bond acceptors (Lipinski definition) is 2. The molecular weight excluding hydrogens is 334 g/mol. The number of nitrogens with one attached hydrogen (secondary N) is 1.